The Morgan fingerprint density at radius 3 is 2.44 bits per heavy atom. The van der Waals surface area contributed by atoms with Crippen LogP contribution < -0.4 is 21.1 Å². The maximum absolute atomic E-state index is 12.9. The first-order valence-electron chi connectivity index (χ1n) is 11.1. The van der Waals surface area contributed by atoms with Crippen LogP contribution in [0.3, 0.4) is 0 Å². The highest BCUT2D eigenvalue weighted by atomic mass is 16.5. The first-order valence-corrected chi connectivity index (χ1v) is 11.1. The Morgan fingerprint density at radius 2 is 1.76 bits per heavy atom. The number of nitrogens with one attached hydrogen (secondary N) is 2. The highest BCUT2D eigenvalue weighted by Crippen LogP contribution is 2.24. The van der Waals surface area contributed by atoms with Gasteiger partial charge in [0, 0.05) is 31.0 Å². The highest BCUT2D eigenvalue weighted by Gasteiger charge is 2.24. The Kier molecular flexibility index (Phi) is 6.91. The number of urea groups is 1. The lowest BCUT2D eigenvalue weighted by molar-refractivity contribution is 0.103. The molecule has 9 nitrogen and oxygen atoms in total. The third-order valence-electron chi connectivity index (χ3n) is 5.83. The Bertz CT molecular complexity index is 1170. The van der Waals surface area contributed by atoms with Crippen molar-refractivity contribution in [3.05, 3.63) is 71.4 Å². The molecule has 0 spiro atoms. The molecular weight excluding hydrogens is 432 g/mol. The second-order valence-corrected chi connectivity index (χ2v) is 8.22. The lowest BCUT2D eigenvalue weighted by Crippen LogP contribution is -2.44. The van der Waals surface area contributed by atoms with Crippen molar-refractivity contribution >= 4 is 29.3 Å². The zero-order valence-electron chi connectivity index (χ0n) is 19.2. The van der Waals surface area contributed by atoms with Gasteiger partial charge in [-0.2, -0.15) is 4.98 Å². The molecule has 2 amide bonds. The molecule has 1 aromatic heterocycles. The summed E-state index contributed by atoms with van der Waals surface area (Å²) in [5.74, 6) is 0.627. The number of ketones is 1. The van der Waals surface area contributed by atoms with Crippen molar-refractivity contribution in [3.63, 3.8) is 0 Å². The molecule has 0 unspecified atom stereocenters. The monoisotopic (exact) mass is 460 g/mol. The largest absolute Gasteiger partial charge is 0.496 e. The molecule has 4 N–H and O–H groups in total. The van der Waals surface area contributed by atoms with Gasteiger partial charge in [0.15, 0.2) is 0 Å². The number of nitrogen functional groups attached to an aromatic ring is 1. The van der Waals surface area contributed by atoms with Crippen molar-refractivity contribution in [2.24, 2.45) is 0 Å². The number of para-hydroxylation sites is 1. The molecule has 0 aliphatic carbocycles. The number of ether oxygens (including phenoxy) is 1. The minimum atomic E-state index is -0.297. The molecular formula is C25H28N6O3. The number of carbonyl (C=O) groups excluding carboxylic acids is 2. The van der Waals surface area contributed by atoms with E-state index in [2.05, 4.69) is 20.6 Å². The van der Waals surface area contributed by atoms with Gasteiger partial charge in [0.25, 0.3) is 0 Å². The summed E-state index contributed by atoms with van der Waals surface area (Å²) in [6.45, 7) is 3.22. The van der Waals surface area contributed by atoms with E-state index >= 15 is 0 Å². The average molecular weight is 461 g/mol. The molecule has 34 heavy (non-hydrogen) atoms. The van der Waals surface area contributed by atoms with Gasteiger partial charge in [0.1, 0.15) is 11.6 Å². The van der Waals surface area contributed by atoms with Crippen molar-refractivity contribution in [1.82, 2.24) is 14.9 Å². The molecule has 2 heterocycles. The number of aryl methyl sites for hydroxylation is 1. The van der Waals surface area contributed by atoms with Gasteiger partial charge in [-0.25, -0.2) is 9.78 Å². The van der Waals surface area contributed by atoms with Gasteiger partial charge in [-0.05, 0) is 44.0 Å². The molecule has 9 heteroatoms. The fourth-order valence-electron chi connectivity index (χ4n) is 3.87. The molecule has 176 valence electrons. The molecule has 4 rings (SSSR count). The number of amides is 2. The van der Waals surface area contributed by atoms with Crippen LogP contribution in [0.2, 0.25) is 0 Å². The second-order valence-electron chi connectivity index (χ2n) is 8.22. The maximum Gasteiger partial charge on any atom is 0.321 e. The van der Waals surface area contributed by atoms with Crippen LogP contribution in [0, 0.1) is 6.92 Å². The fourth-order valence-corrected chi connectivity index (χ4v) is 3.87. The summed E-state index contributed by atoms with van der Waals surface area (Å²) in [7, 11) is 1.51. The van der Waals surface area contributed by atoms with Crippen LogP contribution in [0.4, 0.5) is 22.2 Å². The number of hydrogen-bond acceptors (Lipinski definition) is 7. The number of anilines is 3. The van der Waals surface area contributed by atoms with Crippen LogP contribution in [0.15, 0.2) is 54.7 Å². The standard InChI is InChI=1S/C25H28N6O3/c1-16-7-9-17(10-8-16)29-25(33)31-13-11-18(12-14-31)28-24-27-15-20(23(26)30-24)22(32)19-5-3-4-6-21(19)34-2/h3-10,15,18H,11-14H2,1-2H3,(H,29,33)(H3,26,27,28,30). The van der Waals surface area contributed by atoms with Gasteiger partial charge in [-0.1, -0.05) is 29.8 Å². The number of piperidine rings is 1. The van der Waals surface area contributed by atoms with Crippen LogP contribution >= 0.6 is 0 Å². The summed E-state index contributed by atoms with van der Waals surface area (Å²) < 4.78 is 5.27. The number of rotatable bonds is 6. The van der Waals surface area contributed by atoms with E-state index in [1.807, 2.05) is 31.2 Å². The minimum Gasteiger partial charge on any atom is -0.496 e. The fraction of sp³-hybridized carbons (Fsp3) is 0.280. The summed E-state index contributed by atoms with van der Waals surface area (Å²) in [5, 5.41) is 6.20. The van der Waals surface area contributed by atoms with Crippen LogP contribution in [-0.4, -0.2) is 52.9 Å². The topological polar surface area (TPSA) is 122 Å². The number of likely N-dealkylation sites (tertiary alicyclic amines) is 1. The maximum atomic E-state index is 12.9. The Hall–Kier alpha value is -4.14. The summed E-state index contributed by atoms with van der Waals surface area (Å²) in [4.78, 5) is 35.8. The lowest BCUT2D eigenvalue weighted by Gasteiger charge is -2.32. The van der Waals surface area contributed by atoms with Gasteiger partial charge < -0.3 is 26.0 Å². The minimum absolute atomic E-state index is 0.0959. The molecule has 1 saturated heterocycles. The molecule has 1 aliphatic heterocycles. The first-order chi connectivity index (χ1) is 16.4. The van der Waals surface area contributed by atoms with E-state index in [0.29, 0.717) is 30.4 Å². The molecule has 0 atom stereocenters. The van der Waals surface area contributed by atoms with E-state index in [-0.39, 0.29) is 29.2 Å². The number of nitrogens with zero attached hydrogens (tertiary/aromatic N) is 3. The zero-order valence-corrected chi connectivity index (χ0v) is 19.2. The predicted octanol–water partition coefficient (Wildman–Crippen LogP) is 3.72. The van der Waals surface area contributed by atoms with E-state index in [4.69, 9.17) is 10.5 Å². The summed E-state index contributed by atoms with van der Waals surface area (Å²) in [6, 6.07) is 14.6. The molecule has 0 bridgehead atoms. The number of methoxy groups -OCH3 is 1. The van der Waals surface area contributed by atoms with E-state index in [1.54, 1.807) is 29.2 Å². The van der Waals surface area contributed by atoms with E-state index in [9.17, 15) is 9.59 Å². The molecule has 1 fully saturated rings. The number of benzene rings is 2. The first kappa shape index (κ1) is 23.0. The summed E-state index contributed by atoms with van der Waals surface area (Å²) >= 11 is 0. The van der Waals surface area contributed by atoms with Crippen LogP contribution in [0.1, 0.15) is 34.3 Å². The Morgan fingerprint density at radius 1 is 1.06 bits per heavy atom. The molecule has 0 radical (unpaired) electrons. The van der Waals surface area contributed by atoms with Crippen molar-refractivity contribution in [3.8, 4) is 5.75 Å². The van der Waals surface area contributed by atoms with E-state index in [1.165, 1.54) is 13.3 Å². The molecule has 2 aromatic carbocycles. The van der Waals surface area contributed by atoms with Crippen molar-refractivity contribution in [2.75, 3.05) is 36.6 Å². The van der Waals surface area contributed by atoms with Gasteiger partial charge in [-0.15, -0.1) is 0 Å². The van der Waals surface area contributed by atoms with Crippen LogP contribution in [0.5, 0.6) is 5.75 Å². The number of carbonyl (C=O) groups is 2. The molecule has 1 aliphatic rings. The van der Waals surface area contributed by atoms with Gasteiger partial charge in [0.05, 0.1) is 18.2 Å². The molecule has 3 aromatic rings. The van der Waals surface area contributed by atoms with Crippen LogP contribution in [-0.2, 0) is 0 Å². The normalized spacial score (nSPS) is 13.9. The second kappa shape index (κ2) is 10.2. The SMILES string of the molecule is COc1ccccc1C(=O)c1cnc(NC2CCN(C(=O)Nc3ccc(C)cc3)CC2)nc1N. The van der Waals surface area contributed by atoms with Crippen molar-refractivity contribution in [1.29, 1.82) is 0 Å². The summed E-state index contributed by atoms with van der Waals surface area (Å²) in [6.07, 6.45) is 2.92. The summed E-state index contributed by atoms with van der Waals surface area (Å²) in [5.41, 5.74) is 8.63. The third kappa shape index (κ3) is 5.25. The van der Waals surface area contributed by atoms with Crippen LogP contribution in [0.25, 0.3) is 0 Å². The van der Waals surface area contributed by atoms with Crippen molar-refractivity contribution in [2.45, 2.75) is 25.8 Å². The average Bonchev–Trinajstić information content (AvgIpc) is 2.85. The Balaban J connectivity index is 1.33. The van der Waals surface area contributed by atoms with Gasteiger partial charge >= 0.3 is 6.03 Å². The van der Waals surface area contributed by atoms with E-state index in [0.717, 1.165) is 24.1 Å². The lowest BCUT2D eigenvalue weighted by atomic mass is 10.0. The van der Waals surface area contributed by atoms with Gasteiger partial charge in [0.2, 0.25) is 11.7 Å². The number of hydrogen-bond donors (Lipinski definition) is 3. The quantitative estimate of drug-likeness (QED) is 0.479. The van der Waals surface area contributed by atoms with Gasteiger partial charge in [-0.3, -0.25) is 4.79 Å². The number of nitrogens with two attached hydrogens (primary N) is 1. The third-order valence-corrected chi connectivity index (χ3v) is 5.83. The van der Waals surface area contributed by atoms with Crippen molar-refractivity contribution < 1.29 is 14.3 Å². The smallest absolute Gasteiger partial charge is 0.321 e. The molecule has 0 saturated carbocycles. The Labute approximate surface area is 198 Å². The highest BCUT2D eigenvalue weighted by molar-refractivity contribution is 6.13. The van der Waals surface area contributed by atoms with E-state index < -0.39 is 0 Å². The zero-order chi connectivity index (χ0) is 24.1. The predicted molar refractivity (Wildman–Crippen MR) is 131 cm³/mol. The number of aromatic nitrogens is 2.